The number of rotatable bonds is 7. The van der Waals surface area contributed by atoms with Crippen molar-refractivity contribution in [2.24, 2.45) is 0 Å². The highest BCUT2D eigenvalue weighted by atomic mass is 16.5. The van der Waals surface area contributed by atoms with E-state index in [-0.39, 0.29) is 12.0 Å². The van der Waals surface area contributed by atoms with Gasteiger partial charge in [-0.1, -0.05) is 30.3 Å². The lowest BCUT2D eigenvalue weighted by molar-refractivity contribution is 0.118. The molecule has 7 rings (SSSR count). The molecule has 43 heavy (non-hydrogen) atoms. The number of aromatic nitrogens is 2. The monoisotopic (exact) mass is 581 g/mol. The van der Waals surface area contributed by atoms with Gasteiger partial charge in [0.25, 0.3) is 0 Å². The number of benzene rings is 2. The summed E-state index contributed by atoms with van der Waals surface area (Å²) in [6.45, 7) is 7.75. The van der Waals surface area contributed by atoms with Crippen molar-refractivity contribution in [3.05, 3.63) is 53.2 Å². The number of hydrogen-bond donors (Lipinski definition) is 1. The second kappa shape index (κ2) is 11.2. The van der Waals surface area contributed by atoms with Crippen LogP contribution < -0.4 is 14.5 Å². The summed E-state index contributed by atoms with van der Waals surface area (Å²) in [5, 5.41) is 21.7. The second-order valence-electron chi connectivity index (χ2n) is 12.5. The van der Waals surface area contributed by atoms with Gasteiger partial charge in [-0.15, -0.1) is 0 Å². The molecule has 3 fully saturated rings. The van der Waals surface area contributed by atoms with Gasteiger partial charge in [0.05, 0.1) is 36.3 Å². The minimum absolute atomic E-state index is 0.105. The van der Waals surface area contributed by atoms with Gasteiger partial charge in [-0.25, -0.2) is 4.79 Å². The molecule has 10 nitrogen and oxygen atoms in total. The highest BCUT2D eigenvalue weighted by molar-refractivity contribution is 5.97. The molecule has 1 aliphatic carbocycles. The van der Waals surface area contributed by atoms with Crippen LogP contribution in [0.2, 0.25) is 0 Å². The third-order valence-electron chi connectivity index (χ3n) is 9.88. The second-order valence-corrected chi connectivity index (χ2v) is 12.5. The molecule has 3 aromatic rings. The molecule has 2 aromatic carbocycles. The number of piperazine rings is 1. The van der Waals surface area contributed by atoms with Crippen molar-refractivity contribution in [3.63, 3.8) is 0 Å². The molecule has 2 saturated heterocycles. The number of nitriles is 1. The molecule has 1 atom stereocenters. The van der Waals surface area contributed by atoms with Gasteiger partial charge in [0.2, 0.25) is 0 Å². The zero-order valence-electron chi connectivity index (χ0n) is 24.8. The summed E-state index contributed by atoms with van der Waals surface area (Å²) < 4.78 is 6.44. The number of aryl methyl sites for hydroxylation is 1. The third kappa shape index (κ3) is 5.20. The largest absolute Gasteiger partial charge is 0.465 e. The quantitative estimate of drug-likeness (QED) is 0.429. The standard InChI is InChI=1S/C33H39N7O3/c1-23-6-4-7-24-8-5-9-28(29(23)24)37-17-11-26-27(21-37)35-31(43-22-33(12-13-33)39-15-2-3-16-39)36-30(26)38-18-19-40(32(41)42)25(20-38)10-14-34/h4-9,25H,2-3,10-13,15-22H2,1H3,(H,41,42). The Morgan fingerprint density at radius 2 is 1.86 bits per heavy atom. The van der Waals surface area contributed by atoms with Crippen molar-refractivity contribution >= 4 is 28.4 Å². The van der Waals surface area contributed by atoms with Crippen LogP contribution in [-0.4, -0.2) is 88.4 Å². The lowest BCUT2D eigenvalue weighted by Gasteiger charge is -2.41. The Morgan fingerprint density at radius 1 is 1.07 bits per heavy atom. The van der Waals surface area contributed by atoms with Crippen LogP contribution in [-0.2, 0) is 13.0 Å². The van der Waals surface area contributed by atoms with E-state index in [0.29, 0.717) is 38.8 Å². The SMILES string of the molecule is Cc1cccc2cccc(N3CCc4c(nc(OCC5(N6CCCC6)CC5)nc4N4CCN(C(=O)O)C(CC#N)C4)C3)c12. The van der Waals surface area contributed by atoms with E-state index in [1.54, 1.807) is 0 Å². The van der Waals surface area contributed by atoms with Gasteiger partial charge in [-0.2, -0.15) is 15.2 Å². The topological polar surface area (TPSA) is 109 Å². The minimum Gasteiger partial charge on any atom is -0.465 e. The first kappa shape index (κ1) is 27.7. The van der Waals surface area contributed by atoms with Crippen LogP contribution in [0.4, 0.5) is 16.3 Å². The van der Waals surface area contributed by atoms with E-state index in [2.05, 4.69) is 64.1 Å². The van der Waals surface area contributed by atoms with Crippen LogP contribution in [0.1, 0.15) is 48.9 Å². The molecular weight excluding hydrogens is 542 g/mol. The fourth-order valence-electron chi connectivity index (χ4n) is 7.36. The molecule has 0 spiro atoms. The average Bonchev–Trinajstić information content (AvgIpc) is 3.60. The maximum atomic E-state index is 11.9. The first-order chi connectivity index (χ1) is 21.0. The van der Waals surface area contributed by atoms with Crippen LogP contribution in [0.25, 0.3) is 10.8 Å². The maximum absolute atomic E-state index is 11.9. The molecule has 4 heterocycles. The summed E-state index contributed by atoms with van der Waals surface area (Å²) in [4.78, 5) is 30.5. The van der Waals surface area contributed by atoms with E-state index < -0.39 is 12.1 Å². The summed E-state index contributed by atoms with van der Waals surface area (Å²) in [6.07, 6.45) is 4.72. The fraction of sp³-hybridized carbons (Fsp3) is 0.515. The van der Waals surface area contributed by atoms with E-state index in [4.69, 9.17) is 14.7 Å². The van der Waals surface area contributed by atoms with Gasteiger partial charge in [-0.3, -0.25) is 4.90 Å². The number of likely N-dealkylation sites (tertiary alicyclic amines) is 1. The number of nitrogens with zero attached hydrogens (tertiary/aromatic N) is 7. The molecule has 0 radical (unpaired) electrons. The summed E-state index contributed by atoms with van der Waals surface area (Å²) in [5.74, 6) is 0.827. The maximum Gasteiger partial charge on any atom is 0.407 e. The van der Waals surface area contributed by atoms with E-state index in [9.17, 15) is 15.2 Å². The number of carbonyl (C=O) groups is 1. The Morgan fingerprint density at radius 3 is 2.60 bits per heavy atom. The van der Waals surface area contributed by atoms with Gasteiger partial charge in [0.15, 0.2) is 0 Å². The van der Waals surface area contributed by atoms with Crippen molar-refractivity contribution in [2.75, 3.05) is 55.7 Å². The number of amides is 1. The molecule has 1 aromatic heterocycles. The molecule has 1 amide bonds. The number of fused-ring (bicyclic) bond motifs is 2. The predicted octanol–water partition coefficient (Wildman–Crippen LogP) is 4.59. The molecule has 4 aliphatic rings. The summed E-state index contributed by atoms with van der Waals surface area (Å²) in [7, 11) is 0. The molecule has 3 aliphatic heterocycles. The first-order valence-electron chi connectivity index (χ1n) is 15.6. The summed E-state index contributed by atoms with van der Waals surface area (Å²) in [6, 6.07) is 15.1. The normalized spacial score (nSPS) is 21.5. The van der Waals surface area contributed by atoms with Crippen molar-refractivity contribution in [2.45, 2.75) is 63.6 Å². The lowest BCUT2D eigenvalue weighted by Crippen LogP contribution is -2.55. The van der Waals surface area contributed by atoms with E-state index in [1.165, 1.54) is 39.8 Å². The van der Waals surface area contributed by atoms with Gasteiger partial charge >= 0.3 is 12.1 Å². The highest BCUT2D eigenvalue weighted by Crippen LogP contribution is 2.44. The zero-order valence-corrected chi connectivity index (χ0v) is 24.8. The minimum atomic E-state index is -0.980. The number of ether oxygens (including phenoxy) is 1. The Balaban J connectivity index is 1.22. The van der Waals surface area contributed by atoms with Crippen LogP contribution in [0.5, 0.6) is 6.01 Å². The van der Waals surface area contributed by atoms with Crippen molar-refractivity contribution in [1.29, 1.82) is 5.26 Å². The summed E-state index contributed by atoms with van der Waals surface area (Å²) in [5.41, 5.74) is 4.62. The highest BCUT2D eigenvalue weighted by Gasteiger charge is 2.49. The van der Waals surface area contributed by atoms with Gasteiger partial charge in [0, 0.05) is 42.8 Å². The average molecular weight is 582 g/mol. The van der Waals surface area contributed by atoms with Gasteiger partial charge in [0.1, 0.15) is 12.4 Å². The van der Waals surface area contributed by atoms with Gasteiger partial charge in [-0.05, 0) is 69.1 Å². The lowest BCUT2D eigenvalue weighted by atomic mass is 9.99. The molecule has 10 heteroatoms. The molecule has 1 N–H and O–H groups in total. The number of hydrogen-bond acceptors (Lipinski definition) is 8. The van der Waals surface area contributed by atoms with Crippen LogP contribution >= 0.6 is 0 Å². The van der Waals surface area contributed by atoms with Crippen molar-refractivity contribution in [1.82, 2.24) is 19.8 Å². The molecular formula is C33H39N7O3. The zero-order chi connectivity index (χ0) is 29.6. The predicted molar refractivity (Wildman–Crippen MR) is 165 cm³/mol. The first-order valence-corrected chi connectivity index (χ1v) is 15.6. The Bertz CT molecular complexity index is 1570. The Labute approximate surface area is 252 Å². The van der Waals surface area contributed by atoms with Crippen molar-refractivity contribution in [3.8, 4) is 12.1 Å². The van der Waals surface area contributed by atoms with Crippen LogP contribution in [0.15, 0.2) is 36.4 Å². The van der Waals surface area contributed by atoms with E-state index in [1.807, 2.05) is 0 Å². The van der Waals surface area contributed by atoms with Crippen LogP contribution in [0.3, 0.4) is 0 Å². The van der Waals surface area contributed by atoms with E-state index in [0.717, 1.165) is 56.0 Å². The number of carboxylic acid groups (broad SMARTS) is 1. The Hall–Kier alpha value is -4.10. The Kier molecular flexibility index (Phi) is 7.21. The molecule has 224 valence electrons. The molecule has 1 saturated carbocycles. The van der Waals surface area contributed by atoms with Crippen molar-refractivity contribution < 1.29 is 14.6 Å². The smallest absolute Gasteiger partial charge is 0.407 e. The van der Waals surface area contributed by atoms with E-state index >= 15 is 0 Å². The molecule has 0 bridgehead atoms. The van der Waals surface area contributed by atoms with Gasteiger partial charge < -0.3 is 24.5 Å². The fourth-order valence-corrected chi connectivity index (χ4v) is 7.36. The molecule has 1 unspecified atom stereocenters. The summed E-state index contributed by atoms with van der Waals surface area (Å²) >= 11 is 0. The third-order valence-corrected chi connectivity index (χ3v) is 9.88. The number of anilines is 2. The van der Waals surface area contributed by atoms with Crippen LogP contribution in [0, 0.1) is 18.3 Å².